The molecule has 1 aliphatic carbocycles. The van der Waals surface area contributed by atoms with Crippen LogP contribution >= 0.6 is 0 Å². The Labute approximate surface area is 199 Å². The van der Waals surface area contributed by atoms with Crippen LogP contribution in [0.2, 0.25) is 0 Å². The molecule has 2 atom stereocenters. The first-order valence-corrected chi connectivity index (χ1v) is 10.6. The Morgan fingerprint density at radius 2 is 1.55 bits per heavy atom. The lowest BCUT2D eigenvalue weighted by molar-refractivity contribution is -0.417. The molecular weight excluding hydrogens is 448 g/mol. The summed E-state index contributed by atoms with van der Waals surface area (Å²) in [7, 11) is 0. The molecule has 8 nitrogen and oxygen atoms in total. The maximum absolute atomic E-state index is 12.5. The summed E-state index contributed by atoms with van der Waals surface area (Å²) in [6, 6.07) is 14.5. The Kier molecular flexibility index (Phi) is 9.25. The molecule has 0 aromatic heterocycles. The summed E-state index contributed by atoms with van der Waals surface area (Å²) in [5.41, 5.74) is 7.30. The molecule has 180 valence electrons. The van der Waals surface area contributed by atoms with Crippen LogP contribution in [0, 0.1) is 5.41 Å². The summed E-state index contributed by atoms with van der Waals surface area (Å²) in [6.45, 7) is 2.51. The third-order valence-electron chi connectivity index (χ3n) is 5.77. The molecule has 2 aromatic rings. The lowest BCUT2D eigenvalue weighted by Gasteiger charge is -2.26. The van der Waals surface area contributed by atoms with Gasteiger partial charge in [-0.25, -0.2) is 9.59 Å². The zero-order valence-electron chi connectivity index (χ0n) is 18.8. The summed E-state index contributed by atoms with van der Waals surface area (Å²) in [6.07, 6.45) is -0.739. The van der Waals surface area contributed by atoms with E-state index in [9.17, 15) is 19.8 Å². The van der Waals surface area contributed by atoms with Gasteiger partial charge < -0.3 is 43.1 Å². The van der Waals surface area contributed by atoms with Crippen molar-refractivity contribution in [1.29, 1.82) is 0 Å². The van der Waals surface area contributed by atoms with Gasteiger partial charge in [0.1, 0.15) is 19.3 Å². The molecule has 33 heavy (non-hydrogen) atoms. The van der Waals surface area contributed by atoms with E-state index in [0.717, 1.165) is 22.3 Å². The summed E-state index contributed by atoms with van der Waals surface area (Å²) >= 11 is 0. The first-order valence-electron chi connectivity index (χ1n) is 10.6. The van der Waals surface area contributed by atoms with Crippen molar-refractivity contribution in [1.82, 2.24) is 5.32 Å². The van der Waals surface area contributed by atoms with Crippen LogP contribution in [0.5, 0.6) is 0 Å². The van der Waals surface area contributed by atoms with Gasteiger partial charge in [-0.3, -0.25) is 0 Å². The van der Waals surface area contributed by atoms with Gasteiger partial charge in [0.2, 0.25) is 0 Å². The maximum atomic E-state index is 12.5. The Bertz CT molecular complexity index is 918. The second kappa shape index (κ2) is 11.5. The highest BCUT2D eigenvalue weighted by Crippen LogP contribution is 2.44. The Hall–Kier alpha value is -2.65. The predicted molar refractivity (Wildman–Crippen MR) is 118 cm³/mol. The number of benzene rings is 2. The standard InChI is InChI=1S/C24H30N2O6.ClH/c1-15(25)21(22(29)32-14-24(2,12-27)13-28)26-23(30)31-11-20-18-9-5-3-7-16(18)17-8-4-6-10-19(17)20;/h3-10,15,20-21,27-28H,11-14,25H2,1-2H3,(H,26,30);1H/t15-,21-;/m0./s1. The minimum absolute atomic E-state index is 0. The number of alkyl carbamates (subject to hydrolysis) is 1. The van der Waals surface area contributed by atoms with Crippen molar-refractivity contribution >= 4 is 12.1 Å². The van der Waals surface area contributed by atoms with Gasteiger partial charge in [-0.15, -0.1) is 0 Å². The first kappa shape index (κ1) is 26.6. The van der Waals surface area contributed by atoms with Crippen molar-refractivity contribution in [3.63, 3.8) is 0 Å². The highest BCUT2D eigenvalue weighted by Gasteiger charge is 2.33. The lowest BCUT2D eigenvalue weighted by atomic mass is 9.94. The Balaban J connectivity index is 0.00000385. The van der Waals surface area contributed by atoms with E-state index in [4.69, 9.17) is 9.47 Å². The second-order valence-corrected chi connectivity index (χ2v) is 8.66. The molecular formula is C24H31ClN2O6. The average Bonchev–Trinajstić information content (AvgIpc) is 3.13. The van der Waals surface area contributed by atoms with E-state index < -0.39 is 29.6 Å². The number of rotatable bonds is 9. The normalized spacial score (nSPS) is 14.3. The minimum Gasteiger partial charge on any atom is -1.00 e. The average molecular weight is 479 g/mol. The fraction of sp³-hybridized carbons (Fsp3) is 0.417. The molecule has 0 spiro atoms. The number of halogens is 1. The van der Waals surface area contributed by atoms with Crippen LogP contribution in [0.1, 0.15) is 30.9 Å². The highest BCUT2D eigenvalue weighted by molar-refractivity contribution is 5.82. The number of aliphatic hydroxyl groups is 2. The third kappa shape index (κ3) is 6.03. The quantitative estimate of drug-likeness (QED) is 0.310. The van der Waals surface area contributed by atoms with E-state index in [-0.39, 0.29) is 44.8 Å². The van der Waals surface area contributed by atoms with Crippen LogP contribution in [0.25, 0.3) is 11.1 Å². The molecule has 0 heterocycles. The number of amides is 1. The summed E-state index contributed by atoms with van der Waals surface area (Å²) in [5, 5.41) is 21.2. The van der Waals surface area contributed by atoms with Crippen LogP contribution in [0.3, 0.4) is 0 Å². The van der Waals surface area contributed by atoms with Gasteiger partial charge in [0.25, 0.3) is 0 Å². The van der Waals surface area contributed by atoms with Crippen LogP contribution in [-0.2, 0) is 14.3 Å². The van der Waals surface area contributed by atoms with Crippen molar-refractivity contribution < 1.29 is 47.4 Å². The fourth-order valence-corrected chi connectivity index (χ4v) is 3.68. The SMILES string of the molecule is C[C@H]([NH3+])[C@H](NC(=O)OCC1c2ccccc2-c2ccccc21)C(=O)OCC(C)(CO)CO.[Cl-]. The summed E-state index contributed by atoms with van der Waals surface area (Å²) in [5.74, 6) is -0.792. The van der Waals surface area contributed by atoms with E-state index in [2.05, 4.69) is 23.2 Å². The molecule has 6 N–H and O–H groups in total. The van der Waals surface area contributed by atoms with Gasteiger partial charge in [0.05, 0.1) is 13.2 Å². The molecule has 0 fully saturated rings. The van der Waals surface area contributed by atoms with E-state index in [1.165, 1.54) is 0 Å². The maximum Gasteiger partial charge on any atom is 0.408 e. The molecule has 0 saturated heterocycles. The number of esters is 1. The topological polar surface area (TPSA) is 133 Å². The van der Waals surface area contributed by atoms with Gasteiger partial charge in [0, 0.05) is 11.3 Å². The number of hydrogen-bond donors (Lipinski definition) is 4. The Morgan fingerprint density at radius 1 is 1.03 bits per heavy atom. The molecule has 0 radical (unpaired) electrons. The monoisotopic (exact) mass is 478 g/mol. The summed E-state index contributed by atoms with van der Waals surface area (Å²) in [4.78, 5) is 25.0. The van der Waals surface area contributed by atoms with E-state index >= 15 is 0 Å². The Morgan fingerprint density at radius 3 is 2.03 bits per heavy atom. The van der Waals surface area contributed by atoms with Crippen molar-refractivity contribution in [3.05, 3.63) is 59.7 Å². The molecule has 0 unspecified atom stereocenters. The van der Waals surface area contributed by atoms with Crippen molar-refractivity contribution in [2.75, 3.05) is 26.4 Å². The van der Waals surface area contributed by atoms with Crippen molar-refractivity contribution in [2.24, 2.45) is 5.41 Å². The van der Waals surface area contributed by atoms with E-state index in [1.54, 1.807) is 13.8 Å². The number of nitrogens with one attached hydrogen (secondary N) is 1. The van der Waals surface area contributed by atoms with Gasteiger partial charge in [-0.2, -0.15) is 0 Å². The van der Waals surface area contributed by atoms with Gasteiger partial charge in [-0.1, -0.05) is 55.5 Å². The van der Waals surface area contributed by atoms with Crippen molar-refractivity contribution in [3.8, 4) is 11.1 Å². The molecule has 1 amide bonds. The van der Waals surface area contributed by atoms with Crippen LogP contribution in [0.15, 0.2) is 48.5 Å². The predicted octanol–water partition coefficient (Wildman–Crippen LogP) is -1.94. The van der Waals surface area contributed by atoms with Crippen LogP contribution < -0.4 is 23.5 Å². The van der Waals surface area contributed by atoms with Gasteiger partial charge >= 0.3 is 12.1 Å². The van der Waals surface area contributed by atoms with Crippen LogP contribution in [-0.4, -0.2) is 60.8 Å². The second-order valence-electron chi connectivity index (χ2n) is 8.66. The number of ether oxygens (including phenoxy) is 2. The molecule has 0 saturated carbocycles. The minimum atomic E-state index is -1.02. The number of quaternary nitrogens is 1. The van der Waals surface area contributed by atoms with Crippen molar-refractivity contribution in [2.45, 2.75) is 31.8 Å². The smallest absolute Gasteiger partial charge is 0.408 e. The summed E-state index contributed by atoms with van der Waals surface area (Å²) < 4.78 is 10.7. The zero-order chi connectivity index (χ0) is 23.3. The fourth-order valence-electron chi connectivity index (χ4n) is 3.68. The van der Waals surface area contributed by atoms with Gasteiger partial charge in [0.15, 0.2) is 6.04 Å². The number of hydrogen-bond acceptors (Lipinski definition) is 6. The first-order chi connectivity index (χ1) is 15.3. The molecule has 0 bridgehead atoms. The highest BCUT2D eigenvalue weighted by atomic mass is 35.5. The zero-order valence-corrected chi connectivity index (χ0v) is 19.5. The number of carbonyl (C=O) groups is 2. The van der Waals surface area contributed by atoms with E-state index in [1.807, 2.05) is 36.4 Å². The molecule has 1 aliphatic rings. The van der Waals surface area contributed by atoms with Gasteiger partial charge in [-0.05, 0) is 29.2 Å². The molecule has 2 aromatic carbocycles. The molecule has 9 heteroatoms. The third-order valence-corrected chi connectivity index (χ3v) is 5.77. The largest absolute Gasteiger partial charge is 1.00 e. The number of aliphatic hydroxyl groups excluding tert-OH is 2. The number of fused-ring (bicyclic) bond motifs is 3. The van der Waals surface area contributed by atoms with Crippen LogP contribution in [0.4, 0.5) is 4.79 Å². The lowest BCUT2D eigenvalue weighted by Crippen LogP contribution is -3.00. The molecule has 3 rings (SSSR count). The molecule has 0 aliphatic heterocycles. The van der Waals surface area contributed by atoms with E-state index in [0.29, 0.717) is 0 Å². The number of carbonyl (C=O) groups excluding carboxylic acids is 2.